The van der Waals surface area contributed by atoms with Crippen molar-refractivity contribution in [3.05, 3.63) is 59.2 Å². The number of nitrogens with zero attached hydrogens (tertiary/aromatic N) is 1. The predicted molar refractivity (Wildman–Crippen MR) is 111 cm³/mol. The number of piperidine rings is 1. The molecule has 1 N–H and O–H groups in total. The highest BCUT2D eigenvalue weighted by atomic mass is 16.5. The number of carbonyl (C=O) groups excluding carboxylic acids is 3. The summed E-state index contributed by atoms with van der Waals surface area (Å²) in [5.74, 6) is -0.366. The van der Waals surface area contributed by atoms with Crippen molar-refractivity contribution in [3.63, 3.8) is 0 Å². The van der Waals surface area contributed by atoms with E-state index in [-0.39, 0.29) is 11.9 Å². The number of para-hydroxylation sites is 1. The van der Waals surface area contributed by atoms with Gasteiger partial charge in [0.15, 0.2) is 5.78 Å². The molecular weight excluding hydrogens is 368 g/mol. The van der Waals surface area contributed by atoms with Crippen molar-refractivity contribution in [2.24, 2.45) is 0 Å². The first-order valence-corrected chi connectivity index (χ1v) is 9.79. The van der Waals surface area contributed by atoms with Gasteiger partial charge in [0.2, 0.25) is 0 Å². The van der Waals surface area contributed by atoms with Gasteiger partial charge in [-0.25, -0.2) is 0 Å². The van der Waals surface area contributed by atoms with E-state index in [1.165, 1.54) is 6.92 Å². The summed E-state index contributed by atoms with van der Waals surface area (Å²) >= 11 is 0. The van der Waals surface area contributed by atoms with Gasteiger partial charge in [0.1, 0.15) is 11.9 Å². The number of hydrogen-bond donors (Lipinski definition) is 1. The van der Waals surface area contributed by atoms with Crippen molar-refractivity contribution in [1.82, 2.24) is 4.90 Å². The van der Waals surface area contributed by atoms with E-state index in [0.29, 0.717) is 37.2 Å². The Morgan fingerprint density at radius 1 is 0.966 bits per heavy atom. The summed E-state index contributed by atoms with van der Waals surface area (Å²) in [6.45, 7) is 6.48. The molecule has 6 heteroatoms. The molecule has 0 unspecified atom stereocenters. The Morgan fingerprint density at radius 3 is 2.10 bits per heavy atom. The summed E-state index contributed by atoms with van der Waals surface area (Å²) in [4.78, 5) is 37.6. The van der Waals surface area contributed by atoms with Crippen LogP contribution in [-0.4, -0.2) is 41.7 Å². The van der Waals surface area contributed by atoms with Crippen LogP contribution < -0.4 is 10.1 Å². The Labute approximate surface area is 170 Å². The quantitative estimate of drug-likeness (QED) is 0.636. The second kappa shape index (κ2) is 8.90. The third-order valence-electron chi connectivity index (χ3n) is 5.17. The van der Waals surface area contributed by atoms with Crippen molar-refractivity contribution in [2.75, 3.05) is 18.4 Å². The minimum absolute atomic E-state index is 0.0287. The van der Waals surface area contributed by atoms with Crippen LogP contribution in [0.5, 0.6) is 5.75 Å². The number of nitrogens with one attached hydrogen (secondary N) is 1. The van der Waals surface area contributed by atoms with E-state index in [0.717, 1.165) is 16.9 Å². The Kier molecular flexibility index (Phi) is 6.32. The molecule has 1 saturated heterocycles. The first kappa shape index (κ1) is 20.6. The molecule has 1 fully saturated rings. The van der Waals surface area contributed by atoms with E-state index in [9.17, 15) is 14.4 Å². The Hall–Kier alpha value is -3.15. The van der Waals surface area contributed by atoms with E-state index in [2.05, 4.69) is 5.32 Å². The van der Waals surface area contributed by atoms with Gasteiger partial charge in [-0.2, -0.15) is 0 Å². The smallest absolute Gasteiger partial charge is 0.313 e. The number of benzene rings is 2. The van der Waals surface area contributed by atoms with Crippen molar-refractivity contribution >= 4 is 23.3 Å². The molecule has 1 aliphatic heterocycles. The number of Topliss-reactive ketones (excluding diaryl/α,β-unsaturated/α-hetero) is 1. The van der Waals surface area contributed by atoms with Gasteiger partial charge < -0.3 is 15.0 Å². The summed E-state index contributed by atoms with van der Waals surface area (Å²) in [6, 6.07) is 12.5. The van der Waals surface area contributed by atoms with Crippen LogP contribution in [0.3, 0.4) is 0 Å². The number of hydrogen-bond acceptors (Lipinski definition) is 4. The Bertz CT molecular complexity index is 893. The third kappa shape index (κ3) is 5.02. The van der Waals surface area contributed by atoms with Crippen LogP contribution in [0.4, 0.5) is 5.69 Å². The molecule has 2 aromatic carbocycles. The van der Waals surface area contributed by atoms with Crippen molar-refractivity contribution in [3.8, 4) is 5.75 Å². The molecule has 1 heterocycles. The van der Waals surface area contributed by atoms with Gasteiger partial charge in [-0.15, -0.1) is 0 Å². The van der Waals surface area contributed by atoms with E-state index in [1.807, 2.05) is 32.0 Å². The van der Waals surface area contributed by atoms with Crippen molar-refractivity contribution in [1.29, 1.82) is 0 Å². The van der Waals surface area contributed by atoms with Gasteiger partial charge in [-0.1, -0.05) is 18.2 Å². The molecule has 0 aliphatic carbocycles. The fourth-order valence-electron chi connectivity index (χ4n) is 3.44. The lowest BCUT2D eigenvalue weighted by Crippen LogP contribution is -2.46. The Balaban J connectivity index is 1.52. The zero-order valence-electron chi connectivity index (χ0n) is 17.0. The second-order valence-electron chi connectivity index (χ2n) is 7.42. The third-order valence-corrected chi connectivity index (χ3v) is 5.17. The normalized spacial score (nSPS) is 14.4. The summed E-state index contributed by atoms with van der Waals surface area (Å²) in [5.41, 5.74) is 3.24. The minimum atomic E-state index is -0.672. The van der Waals surface area contributed by atoms with Crippen LogP contribution in [0.2, 0.25) is 0 Å². The molecule has 3 rings (SSSR count). The summed E-state index contributed by atoms with van der Waals surface area (Å²) in [6.07, 6.45) is 1.39. The van der Waals surface area contributed by atoms with Gasteiger partial charge in [0.25, 0.3) is 0 Å². The SMILES string of the molecule is CC(=O)c1ccc(NC(=O)C(=O)N2CCC(Oc3c(C)cccc3C)CC2)cc1. The highest BCUT2D eigenvalue weighted by Gasteiger charge is 2.28. The molecule has 6 nitrogen and oxygen atoms in total. The zero-order chi connectivity index (χ0) is 21.0. The number of anilines is 1. The predicted octanol–water partition coefficient (Wildman–Crippen LogP) is 3.51. The Morgan fingerprint density at radius 2 is 1.55 bits per heavy atom. The van der Waals surface area contributed by atoms with Crippen molar-refractivity contribution in [2.45, 2.75) is 39.7 Å². The maximum absolute atomic E-state index is 12.5. The molecule has 0 bridgehead atoms. The van der Waals surface area contributed by atoms with Gasteiger partial charge in [0, 0.05) is 37.2 Å². The fraction of sp³-hybridized carbons (Fsp3) is 0.348. The zero-order valence-corrected chi connectivity index (χ0v) is 17.0. The number of amides is 2. The van der Waals surface area contributed by atoms with Crippen LogP contribution in [0, 0.1) is 13.8 Å². The molecule has 29 heavy (non-hydrogen) atoms. The van der Waals surface area contributed by atoms with Gasteiger partial charge >= 0.3 is 11.8 Å². The lowest BCUT2D eigenvalue weighted by molar-refractivity contribution is -0.144. The number of ether oxygens (including phenoxy) is 1. The van der Waals surface area contributed by atoms with Crippen LogP contribution in [0.25, 0.3) is 0 Å². The van der Waals surface area contributed by atoms with Crippen LogP contribution >= 0.6 is 0 Å². The van der Waals surface area contributed by atoms with Crippen LogP contribution in [-0.2, 0) is 9.59 Å². The number of aryl methyl sites for hydroxylation is 2. The summed E-state index contributed by atoms with van der Waals surface area (Å²) < 4.78 is 6.17. The fourth-order valence-corrected chi connectivity index (χ4v) is 3.44. The molecule has 2 amide bonds. The molecule has 0 atom stereocenters. The topological polar surface area (TPSA) is 75.7 Å². The lowest BCUT2D eigenvalue weighted by atomic mass is 10.1. The molecule has 152 valence electrons. The molecule has 2 aromatic rings. The van der Waals surface area contributed by atoms with E-state index < -0.39 is 11.8 Å². The molecule has 0 aromatic heterocycles. The monoisotopic (exact) mass is 394 g/mol. The summed E-state index contributed by atoms with van der Waals surface area (Å²) in [7, 11) is 0. The maximum atomic E-state index is 12.5. The molecule has 0 spiro atoms. The van der Waals surface area contributed by atoms with Gasteiger partial charge in [-0.3, -0.25) is 14.4 Å². The first-order chi connectivity index (χ1) is 13.8. The van der Waals surface area contributed by atoms with E-state index in [1.54, 1.807) is 29.2 Å². The number of likely N-dealkylation sites (tertiary alicyclic amines) is 1. The lowest BCUT2D eigenvalue weighted by Gasteiger charge is -2.32. The van der Waals surface area contributed by atoms with Crippen LogP contribution in [0.1, 0.15) is 41.3 Å². The maximum Gasteiger partial charge on any atom is 0.313 e. The molecule has 1 aliphatic rings. The molecule has 0 saturated carbocycles. The number of carbonyl (C=O) groups is 3. The second-order valence-corrected chi connectivity index (χ2v) is 7.42. The standard InChI is InChI=1S/C23H26N2O4/c1-15-5-4-6-16(2)21(15)29-20-11-13-25(14-12-20)23(28)22(27)24-19-9-7-18(8-10-19)17(3)26/h4-10,20H,11-14H2,1-3H3,(H,24,27). The first-order valence-electron chi connectivity index (χ1n) is 9.79. The van der Waals surface area contributed by atoms with Crippen LogP contribution in [0.15, 0.2) is 42.5 Å². The average Bonchev–Trinajstić information content (AvgIpc) is 2.71. The van der Waals surface area contributed by atoms with Crippen molar-refractivity contribution < 1.29 is 19.1 Å². The number of rotatable bonds is 4. The van der Waals surface area contributed by atoms with Gasteiger partial charge in [0.05, 0.1) is 0 Å². The van der Waals surface area contributed by atoms with Gasteiger partial charge in [-0.05, 0) is 56.2 Å². The average molecular weight is 394 g/mol. The molecular formula is C23H26N2O4. The highest BCUT2D eigenvalue weighted by molar-refractivity contribution is 6.39. The summed E-state index contributed by atoms with van der Waals surface area (Å²) in [5, 5.41) is 2.60. The van der Waals surface area contributed by atoms with E-state index in [4.69, 9.17) is 4.74 Å². The van der Waals surface area contributed by atoms with E-state index >= 15 is 0 Å². The highest BCUT2D eigenvalue weighted by Crippen LogP contribution is 2.26. The molecule has 0 radical (unpaired) electrons. The minimum Gasteiger partial charge on any atom is -0.490 e. The largest absolute Gasteiger partial charge is 0.490 e. The number of ketones is 1.